The summed E-state index contributed by atoms with van der Waals surface area (Å²) in [6.07, 6.45) is 2.24. The Bertz CT molecular complexity index is 991. The Balaban J connectivity index is 1.59. The summed E-state index contributed by atoms with van der Waals surface area (Å²) in [4.78, 5) is 6.09. The zero-order valence-corrected chi connectivity index (χ0v) is 16.9. The van der Waals surface area contributed by atoms with E-state index in [9.17, 15) is 9.50 Å². The van der Waals surface area contributed by atoms with Crippen molar-refractivity contribution in [3.8, 4) is 17.0 Å². The molecule has 0 aliphatic heterocycles. The van der Waals surface area contributed by atoms with Gasteiger partial charge in [-0.05, 0) is 50.9 Å². The fourth-order valence-electron chi connectivity index (χ4n) is 4.08. The van der Waals surface area contributed by atoms with E-state index >= 15 is 0 Å². The number of benzene rings is 1. The maximum Gasteiger partial charge on any atom is 0.192 e. The van der Waals surface area contributed by atoms with Crippen LogP contribution in [0, 0.1) is 6.92 Å². The third-order valence-corrected chi connectivity index (χ3v) is 5.78. The average Bonchev–Trinajstić information content (AvgIpc) is 2.96. The summed E-state index contributed by atoms with van der Waals surface area (Å²) in [5, 5.41) is 22.2. The molecule has 0 saturated heterocycles. The topological polar surface area (TPSA) is 87.3 Å². The van der Waals surface area contributed by atoms with Gasteiger partial charge in [-0.2, -0.15) is 0 Å². The minimum atomic E-state index is -0.902. The lowest BCUT2D eigenvalue weighted by Crippen LogP contribution is -2.43. The predicted molar refractivity (Wildman–Crippen MR) is 110 cm³/mol. The zero-order valence-electron chi connectivity index (χ0n) is 16.9. The molecule has 4 rings (SSSR count). The van der Waals surface area contributed by atoms with Gasteiger partial charge in [0.2, 0.25) is 0 Å². The predicted octanol–water partition coefficient (Wildman–Crippen LogP) is 3.60. The van der Waals surface area contributed by atoms with Crippen LogP contribution in [0.4, 0.5) is 10.2 Å². The molecule has 1 aliphatic rings. The largest absolute Gasteiger partial charge is 0.507 e. The maximum atomic E-state index is 14.7. The number of aromatic hydroxyl groups is 1. The van der Waals surface area contributed by atoms with Gasteiger partial charge in [0.1, 0.15) is 17.4 Å². The normalized spacial score (nSPS) is 22.6. The Kier molecular flexibility index (Phi) is 5.36. The third-order valence-electron chi connectivity index (χ3n) is 5.78. The molecule has 1 aliphatic carbocycles. The molecule has 2 aromatic heterocycles. The van der Waals surface area contributed by atoms with Crippen LogP contribution < -0.4 is 10.2 Å². The highest BCUT2D eigenvalue weighted by Gasteiger charge is 2.31. The zero-order chi connectivity index (χ0) is 20.5. The summed E-state index contributed by atoms with van der Waals surface area (Å²) in [6, 6.07) is 6.89. The number of anilines is 1. The first kappa shape index (κ1) is 19.6. The lowest BCUT2D eigenvalue weighted by atomic mass is 10.0. The molecule has 0 unspecified atom stereocenters. The Labute approximate surface area is 169 Å². The molecule has 1 aromatic carbocycles. The number of rotatable bonds is 4. The minimum Gasteiger partial charge on any atom is -0.507 e. The SMILES string of the molecule is CN[C@H]1CCC[C@@H](F)[C@@H](N(C)c2ccc(-c3cc4oc(C)nc4cc3O)nn2)C1. The molecule has 0 spiro atoms. The van der Waals surface area contributed by atoms with Crippen LogP contribution in [0.5, 0.6) is 5.75 Å². The lowest BCUT2D eigenvalue weighted by molar-refractivity contribution is 0.257. The fraction of sp³-hybridized carbons (Fsp3) is 0.476. The Hall–Kier alpha value is -2.74. The van der Waals surface area contributed by atoms with Crippen molar-refractivity contribution in [3.05, 3.63) is 30.2 Å². The van der Waals surface area contributed by atoms with Crippen LogP contribution in [0.15, 0.2) is 28.7 Å². The van der Waals surface area contributed by atoms with Crippen molar-refractivity contribution in [1.82, 2.24) is 20.5 Å². The minimum absolute atomic E-state index is 0.0608. The number of halogens is 1. The molecule has 2 N–H and O–H groups in total. The Morgan fingerprint density at radius 1 is 1.24 bits per heavy atom. The molecule has 154 valence electrons. The van der Waals surface area contributed by atoms with Gasteiger partial charge in [-0.1, -0.05) is 0 Å². The fourth-order valence-corrected chi connectivity index (χ4v) is 4.08. The van der Waals surface area contributed by atoms with Crippen molar-refractivity contribution < 1.29 is 13.9 Å². The van der Waals surface area contributed by atoms with Crippen molar-refractivity contribution in [2.75, 3.05) is 19.0 Å². The highest BCUT2D eigenvalue weighted by atomic mass is 19.1. The molecule has 0 radical (unpaired) electrons. The summed E-state index contributed by atoms with van der Waals surface area (Å²) in [5.41, 5.74) is 2.20. The van der Waals surface area contributed by atoms with Gasteiger partial charge < -0.3 is 19.7 Å². The molecule has 3 atom stereocenters. The second-order valence-corrected chi connectivity index (χ2v) is 7.69. The van der Waals surface area contributed by atoms with Gasteiger partial charge in [-0.3, -0.25) is 0 Å². The number of fused-ring (bicyclic) bond motifs is 1. The Morgan fingerprint density at radius 2 is 2.07 bits per heavy atom. The number of nitrogens with one attached hydrogen (secondary N) is 1. The summed E-state index contributed by atoms with van der Waals surface area (Å²) in [6.45, 7) is 1.76. The van der Waals surface area contributed by atoms with E-state index in [1.807, 2.05) is 25.1 Å². The van der Waals surface area contributed by atoms with Gasteiger partial charge in [-0.25, -0.2) is 9.37 Å². The van der Waals surface area contributed by atoms with Crippen LogP contribution in [-0.2, 0) is 0 Å². The van der Waals surface area contributed by atoms with Crippen molar-refractivity contribution >= 4 is 16.9 Å². The summed E-state index contributed by atoms with van der Waals surface area (Å²) in [5.74, 6) is 1.20. The van der Waals surface area contributed by atoms with Crippen molar-refractivity contribution in [2.45, 2.75) is 50.9 Å². The van der Waals surface area contributed by atoms with Crippen molar-refractivity contribution in [1.29, 1.82) is 0 Å². The molecule has 1 saturated carbocycles. The molecular formula is C21H26FN5O2. The molecule has 0 bridgehead atoms. The molecule has 7 nitrogen and oxygen atoms in total. The van der Waals surface area contributed by atoms with E-state index in [1.54, 1.807) is 25.1 Å². The first-order valence-corrected chi connectivity index (χ1v) is 9.94. The molecule has 0 amide bonds. The number of alkyl halides is 1. The molecule has 2 heterocycles. The molecule has 8 heteroatoms. The highest BCUT2D eigenvalue weighted by Crippen LogP contribution is 2.33. The van der Waals surface area contributed by atoms with Gasteiger partial charge in [0.05, 0.1) is 11.7 Å². The smallest absolute Gasteiger partial charge is 0.192 e. The van der Waals surface area contributed by atoms with Crippen molar-refractivity contribution in [2.24, 2.45) is 0 Å². The van der Waals surface area contributed by atoms with Gasteiger partial charge in [0.15, 0.2) is 17.3 Å². The average molecular weight is 399 g/mol. The third kappa shape index (κ3) is 3.89. The number of aryl methyl sites for hydroxylation is 1. The summed E-state index contributed by atoms with van der Waals surface area (Å²) >= 11 is 0. The molecular weight excluding hydrogens is 373 g/mol. The van der Waals surface area contributed by atoms with E-state index in [4.69, 9.17) is 4.42 Å². The number of oxazole rings is 1. The lowest BCUT2D eigenvalue weighted by Gasteiger charge is -2.31. The van der Waals surface area contributed by atoms with Gasteiger partial charge in [-0.15, -0.1) is 10.2 Å². The number of hydrogen-bond donors (Lipinski definition) is 2. The standard InChI is InChI=1S/C21H26FN5O2/c1-12-24-17-11-19(28)14(10-20(17)29-12)16-7-8-21(26-25-16)27(3)18-9-13(23-2)5-4-6-15(18)22/h7-8,10-11,13,15,18,23,28H,4-6,9H2,1-3H3/t13-,15+,18-/m0/s1. The van der Waals surface area contributed by atoms with Crippen LogP contribution in [0.1, 0.15) is 31.6 Å². The second-order valence-electron chi connectivity index (χ2n) is 7.69. The van der Waals surface area contributed by atoms with Crippen LogP contribution in [0.2, 0.25) is 0 Å². The van der Waals surface area contributed by atoms with Crippen LogP contribution >= 0.6 is 0 Å². The number of phenols is 1. The molecule has 1 fully saturated rings. The van der Waals surface area contributed by atoms with Crippen LogP contribution in [0.3, 0.4) is 0 Å². The van der Waals surface area contributed by atoms with E-state index < -0.39 is 6.17 Å². The molecule has 29 heavy (non-hydrogen) atoms. The highest BCUT2D eigenvalue weighted by molar-refractivity contribution is 5.83. The maximum absolute atomic E-state index is 14.7. The number of aromatic nitrogens is 3. The van der Waals surface area contributed by atoms with Crippen LogP contribution in [0.25, 0.3) is 22.4 Å². The van der Waals surface area contributed by atoms with Crippen molar-refractivity contribution in [3.63, 3.8) is 0 Å². The molecule has 3 aromatic rings. The number of phenolic OH excluding ortho intramolecular Hbond substituents is 1. The van der Waals surface area contributed by atoms with E-state index in [0.29, 0.717) is 46.5 Å². The Morgan fingerprint density at radius 3 is 2.79 bits per heavy atom. The van der Waals surface area contributed by atoms with Gasteiger partial charge in [0, 0.05) is 31.6 Å². The van der Waals surface area contributed by atoms with E-state index in [2.05, 4.69) is 20.5 Å². The van der Waals surface area contributed by atoms with E-state index in [0.717, 1.165) is 19.3 Å². The van der Waals surface area contributed by atoms with E-state index in [-0.39, 0.29) is 11.8 Å². The van der Waals surface area contributed by atoms with Gasteiger partial charge in [0.25, 0.3) is 0 Å². The first-order chi connectivity index (χ1) is 14.0. The van der Waals surface area contributed by atoms with Gasteiger partial charge >= 0.3 is 0 Å². The van der Waals surface area contributed by atoms with Crippen LogP contribution in [-0.4, -0.2) is 52.6 Å². The summed E-state index contributed by atoms with van der Waals surface area (Å²) < 4.78 is 20.3. The number of hydrogen-bond acceptors (Lipinski definition) is 7. The summed E-state index contributed by atoms with van der Waals surface area (Å²) in [7, 11) is 3.79. The van der Waals surface area contributed by atoms with E-state index in [1.165, 1.54) is 0 Å². The first-order valence-electron chi connectivity index (χ1n) is 9.94. The number of nitrogens with zero attached hydrogens (tertiary/aromatic N) is 4. The second kappa shape index (κ2) is 7.94. The monoisotopic (exact) mass is 399 g/mol. The quantitative estimate of drug-likeness (QED) is 0.648.